The van der Waals surface area contributed by atoms with E-state index in [4.69, 9.17) is 5.73 Å². The molecule has 2 rings (SSSR count). The summed E-state index contributed by atoms with van der Waals surface area (Å²) < 4.78 is 13.3. The van der Waals surface area contributed by atoms with Gasteiger partial charge in [-0.1, -0.05) is 13.0 Å². The number of hydrogen-bond acceptors (Lipinski definition) is 4. The van der Waals surface area contributed by atoms with Crippen molar-refractivity contribution >= 4 is 17.0 Å². The van der Waals surface area contributed by atoms with E-state index in [9.17, 15) is 4.39 Å². The van der Waals surface area contributed by atoms with Crippen LogP contribution in [0.4, 0.5) is 10.1 Å². The van der Waals surface area contributed by atoms with Crippen molar-refractivity contribution in [2.24, 2.45) is 0 Å². The number of rotatable bonds is 5. The van der Waals surface area contributed by atoms with E-state index in [0.717, 1.165) is 17.0 Å². The highest BCUT2D eigenvalue weighted by molar-refractivity contribution is 7.09. The molecule has 0 aliphatic carbocycles. The smallest absolute Gasteiger partial charge is 0.146 e. The molecule has 3 N–H and O–H groups in total. The number of aromatic nitrogens is 1. The molecule has 0 aliphatic rings. The number of hydrogen-bond donors (Lipinski definition) is 2. The maximum atomic E-state index is 13.3. The van der Waals surface area contributed by atoms with Crippen molar-refractivity contribution in [3.05, 3.63) is 46.2 Å². The molecule has 1 aromatic carbocycles. The monoisotopic (exact) mass is 265 g/mol. The Morgan fingerprint density at radius 3 is 2.94 bits per heavy atom. The van der Waals surface area contributed by atoms with Crippen LogP contribution < -0.4 is 11.1 Å². The highest BCUT2D eigenvalue weighted by Crippen LogP contribution is 2.20. The molecule has 18 heavy (non-hydrogen) atoms. The summed E-state index contributed by atoms with van der Waals surface area (Å²) >= 11 is 1.63. The molecule has 2 aromatic rings. The Morgan fingerprint density at radius 2 is 2.33 bits per heavy atom. The van der Waals surface area contributed by atoms with Crippen LogP contribution >= 0.6 is 11.3 Å². The molecule has 0 bridgehead atoms. The molecular formula is C13H16FN3S. The summed E-state index contributed by atoms with van der Waals surface area (Å²) in [7, 11) is 0. The lowest BCUT2D eigenvalue weighted by molar-refractivity contribution is 0.515. The van der Waals surface area contributed by atoms with Gasteiger partial charge in [-0.2, -0.15) is 0 Å². The Bertz CT molecular complexity index is 499. The van der Waals surface area contributed by atoms with Crippen molar-refractivity contribution in [3.8, 4) is 0 Å². The first-order valence-corrected chi connectivity index (χ1v) is 6.75. The Morgan fingerprint density at radius 1 is 1.50 bits per heavy atom. The van der Waals surface area contributed by atoms with E-state index >= 15 is 0 Å². The van der Waals surface area contributed by atoms with Gasteiger partial charge in [0.2, 0.25) is 0 Å². The third-order valence-corrected chi connectivity index (χ3v) is 3.66. The number of benzene rings is 1. The predicted octanol–water partition coefficient (Wildman–Crippen LogP) is 3.11. The third kappa shape index (κ3) is 3.05. The molecule has 1 unspecified atom stereocenters. The van der Waals surface area contributed by atoms with Crippen molar-refractivity contribution in [2.75, 3.05) is 5.73 Å². The summed E-state index contributed by atoms with van der Waals surface area (Å²) in [4.78, 5) is 4.29. The molecule has 0 saturated heterocycles. The van der Waals surface area contributed by atoms with Gasteiger partial charge in [0.1, 0.15) is 10.8 Å². The molecule has 0 amide bonds. The van der Waals surface area contributed by atoms with Crippen molar-refractivity contribution < 1.29 is 4.39 Å². The fourth-order valence-electron chi connectivity index (χ4n) is 1.73. The zero-order valence-electron chi connectivity index (χ0n) is 10.2. The van der Waals surface area contributed by atoms with Gasteiger partial charge in [0.05, 0.1) is 11.7 Å². The first-order valence-electron chi connectivity index (χ1n) is 5.87. The van der Waals surface area contributed by atoms with Crippen molar-refractivity contribution in [2.45, 2.75) is 25.9 Å². The first kappa shape index (κ1) is 13.0. The van der Waals surface area contributed by atoms with Crippen LogP contribution in [-0.4, -0.2) is 4.98 Å². The zero-order valence-corrected chi connectivity index (χ0v) is 11.0. The highest BCUT2D eigenvalue weighted by atomic mass is 32.1. The molecule has 0 saturated carbocycles. The standard InChI is InChI=1S/C13H16FN3S/c1-2-12(13-16-5-6-18-13)17-8-9-3-4-11(15)10(14)7-9/h3-7,12,17H,2,8,15H2,1H3. The van der Waals surface area contributed by atoms with E-state index in [0.29, 0.717) is 6.54 Å². The zero-order chi connectivity index (χ0) is 13.0. The fraction of sp³-hybridized carbons (Fsp3) is 0.308. The lowest BCUT2D eigenvalue weighted by Crippen LogP contribution is -2.20. The second-order valence-electron chi connectivity index (χ2n) is 4.07. The first-order chi connectivity index (χ1) is 8.70. The van der Waals surface area contributed by atoms with Gasteiger partial charge in [0.15, 0.2) is 0 Å². The lowest BCUT2D eigenvalue weighted by atomic mass is 10.1. The summed E-state index contributed by atoms with van der Waals surface area (Å²) in [6.07, 6.45) is 2.75. The van der Waals surface area contributed by atoms with E-state index in [-0.39, 0.29) is 17.5 Å². The van der Waals surface area contributed by atoms with Crippen LogP contribution in [0.5, 0.6) is 0 Å². The average Bonchev–Trinajstić information content (AvgIpc) is 2.88. The minimum Gasteiger partial charge on any atom is -0.396 e. The van der Waals surface area contributed by atoms with Crippen molar-refractivity contribution in [3.63, 3.8) is 0 Å². The molecule has 0 radical (unpaired) electrons. The molecule has 0 fully saturated rings. The van der Waals surface area contributed by atoms with Gasteiger partial charge in [-0.05, 0) is 24.1 Å². The van der Waals surface area contributed by atoms with E-state index < -0.39 is 0 Å². The number of nitrogens with zero attached hydrogens (tertiary/aromatic N) is 1. The fourth-order valence-corrected chi connectivity index (χ4v) is 2.53. The van der Waals surface area contributed by atoms with E-state index in [2.05, 4.69) is 17.2 Å². The van der Waals surface area contributed by atoms with Gasteiger partial charge in [-0.15, -0.1) is 11.3 Å². The average molecular weight is 265 g/mol. The van der Waals surface area contributed by atoms with Gasteiger partial charge in [0.25, 0.3) is 0 Å². The normalized spacial score (nSPS) is 12.6. The third-order valence-electron chi connectivity index (χ3n) is 2.78. The summed E-state index contributed by atoms with van der Waals surface area (Å²) in [5.41, 5.74) is 6.52. The van der Waals surface area contributed by atoms with Crippen LogP contribution in [0.3, 0.4) is 0 Å². The maximum Gasteiger partial charge on any atom is 0.146 e. The molecule has 3 nitrogen and oxygen atoms in total. The summed E-state index contributed by atoms with van der Waals surface area (Å²) in [5, 5.41) is 6.40. The van der Waals surface area contributed by atoms with Crippen LogP contribution in [-0.2, 0) is 6.54 Å². The van der Waals surface area contributed by atoms with Gasteiger partial charge in [0, 0.05) is 18.1 Å². The SMILES string of the molecule is CCC(NCc1ccc(N)c(F)c1)c1nccs1. The molecule has 5 heteroatoms. The molecule has 1 aromatic heterocycles. The van der Waals surface area contributed by atoms with Crippen LogP contribution in [0, 0.1) is 5.82 Å². The Kier molecular flexibility index (Phi) is 4.28. The topological polar surface area (TPSA) is 50.9 Å². The Hall–Kier alpha value is -1.46. The summed E-state index contributed by atoms with van der Waals surface area (Å²) in [6, 6.07) is 5.11. The summed E-state index contributed by atoms with van der Waals surface area (Å²) in [6.45, 7) is 2.71. The van der Waals surface area contributed by atoms with E-state index in [1.165, 1.54) is 6.07 Å². The molecule has 0 spiro atoms. The van der Waals surface area contributed by atoms with Crippen molar-refractivity contribution in [1.29, 1.82) is 0 Å². The number of nitrogen functional groups attached to an aromatic ring is 1. The number of halogens is 1. The summed E-state index contributed by atoms with van der Waals surface area (Å²) in [5.74, 6) is -0.364. The van der Waals surface area contributed by atoms with E-state index in [1.54, 1.807) is 23.6 Å². The van der Waals surface area contributed by atoms with Crippen LogP contribution in [0.2, 0.25) is 0 Å². The van der Waals surface area contributed by atoms with Crippen LogP contribution in [0.25, 0.3) is 0 Å². The molecule has 96 valence electrons. The predicted molar refractivity (Wildman–Crippen MR) is 72.8 cm³/mol. The van der Waals surface area contributed by atoms with Crippen LogP contribution in [0.1, 0.15) is 30.0 Å². The van der Waals surface area contributed by atoms with E-state index in [1.807, 2.05) is 11.4 Å². The lowest BCUT2D eigenvalue weighted by Gasteiger charge is -2.14. The van der Waals surface area contributed by atoms with Gasteiger partial charge >= 0.3 is 0 Å². The van der Waals surface area contributed by atoms with Crippen LogP contribution in [0.15, 0.2) is 29.8 Å². The maximum absolute atomic E-state index is 13.3. The van der Waals surface area contributed by atoms with Gasteiger partial charge < -0.3 is 11.1 Å². The molecule has 1 atom stereocenters. The number of nitrogens with two attached hydrogens (primary N) is 1. The highest BCUT2D eigenvalue weighted by Gasteiger charge is 2.11. The second-order valence-corrected chi connectivity index (χ2v) is 4.99. The quantitative estimate of drug-likeness (QED) is 0.817. The number of nitrogens with one attached hydrogen (secondary N) is 1. The number of thiazole rings is 1. The minimum atomic E-state index is -0.364. The van der Waals surface area contributed by atoms with Gasteiger partial charge in [-0.25, -0.2) is 9.37 Å². The Balaban J connectivity index is 1.99. The molecule has 1 heterocycles. The second kappa shape index (κ2) is 5.93. The minimum absolute atomic E-state index is 0.186. The number of anilines is 1. The van der Waals surface area contributed by atoms with Gasteiger partial charge in [-0.3, -0.25) is 0 Å². The largest absolute Gasteiger partial charge is 0.396 e. The molecule has 0 aliphatic heterocycles. The molecular weight excluding hydrogens is 249 g/mol. The Labute approximate surface area is 110 Å². The van der Waals surface area contributed by atoms with Crippen molar-refractivity contribution in [1.82, 2.24) is 10.3 Å².